The maximum absolute atomic E-state index is 12.9. The molecular weight excluding hydrogens is 354 g/mol. The van der Waals surface area contributed by atoms with Gasteiger partial charge in [0.2, 0.25) is 21.8 Å². The molecule has 2 aliphatic heterocycles. The van der Waals surface area contributed by atoms with Crippen LogP contribution in [0.4, 0.5) is 5.69 Å². The van der Waals surface area contributed by atoms with Gasteiger partial charge in [-0.3, -0.25) is 9.59 Å². The number of carbonyl (C=O) groups is 2. The van der Waals surface area contributed by atoms with Crippen molar-refractivity contribution in [2.24, 2.45) is 5.92 Å². The third-order valence-electron chi connectivity index (χ3n) is 5.14. The predicted octanol–water partition coefficient (Wildman–Crippen LogP) is 1.13. The molecule has 0 aliphatic carbocycles. The smallest absolute Gasteiger partial charge is 0.243 e. The molecule has 0 unspecified atom stereocenters. The van der Waals surface area contributed by atoms with Crippen LogP contribution in [0.25, 0.3) is 0 Å². The van der Waals surface area contributed by atoms with Crippen molar-refractivity contribution in [2.45, 2.75) is 38.0 Å². The molecule has 0 radical (unpaired) electrons. The molecule has 8 heteroatoms. The van der Waals surface area contributed by atoms with Gasteiger partial charge in [-0.1, -0.05) is 0 Å². The van der Waals surface area contributed by atoms with Gasteiger partial charge in [0.05, 0.1) is 4.90 Å². The molecule has 1 aromatic carbocycles. The molecule has 7 nitrogen and oxygen atoms in total. The van der Waals surface area contributed by atoms with Gasteiger partial charge in [0.25, 0.3) is 0 Å². The molecule has 26 heavy (non-hydrogen) atoms. The lowest BCUT2D eigenvalue weighted by Crippen LogP contribution is -2.42. The Hall–Kier alpha value is -1.93. The molecule has 0 saturated carbocycles. The predicted molar refractivity (Wildman–Crippen MR) is 98.3 cm³/mol. The molecule has 3 rings (SSSR count). The van der Waals surface area contributed by atoms with Crippen LogP contribution in [0.1, 0.15) is 32.3 Å². The molecule has 0 atom stereocenters. The lowest BCUT2D eigenvalue weighted by atomic mass is 9.97. The van der Waals surface area contributed by atoms with Crippen LogP contribution >= 0.6 is 0 Å². The molecule has 0 spiro atoms. The van der Waals surface area contributed by atoms with E-state index in [-0.39, 0.29) is 22.6 Å². The third kappa shape index (κ3) is 3.48. The maximum Gasteiger partial charge on any atom is 0.243 e. The van der Waals surface area contributed by atoms with Crippen LogP contribution in [0.15, 0.2) is 23.1 Å². The second kappa shape index (κ2) is 7.36. The number of amides is 2. The Morgan fingerprint density at radius 2 is 1.88 bits per heavy atom. The normalized spacial score (nSPS) is 18.6. The summed E-state index contributed by atoms with van der Waals surface area (Å²) in [5, 5.41) is 2.80. The van der Waals surface area contributed by atoms with E-state index in [0.717, 1.165) is 11.3 Å². The molecule has 2 amide bonds. The highest BCUT2D eigenvalue weighted by Gasteiger charge is 2.33. The average Bonchev–Trinajstić information content (AvgIpc) is 3.05. The van der Waals surface area contributed by atoms with Gasteiger partial charge in [-0.15, -0.1) is 0 Å². The standard InChI is InChI=1S/C18H25N3O4S/c1-3-19-18(23)14-6-9-20(10-7-14)26(24,25)16-4-5-17-15(12-16)8-11-21(17)13(2)22/h4-5,12,14H,3,6-11H2,1-2H3,(H,19,23). The Labute approximate surface area is 154 Å². The van der Waals surface area contributed by atoms with Crippen LogP contribution < -0.4 is 10.2 Å². The van der Waals surface area contributed by atoms with Crippen LogP contribution in [0.3, 0.4) is 0 Å². The molecule has 1 fully saturated rings. The first kappa shape index (κ1) is 18.8. The first-order valence-electron chi connectivity index (χ1n) is 9.03. The van der Waals surface area contributed by atoms with Crippen molar-refractivity contribution in [1.82, 2.24) is 9.62 Å². The second-order valence-electron chi connectivity index (χ2n) is 6.78. The van der Waals surface area contributed by atoms with E-state index in [1.807, 2.05) is 6.92 Å². The van der Waals surface area contributed by atoms with Gasteiger partial charge in [-0.25, -0.2) is 8.42 Å². The molecular formula is C18H25N3O4S. The van der Waals surface area contributed by atoms with Gasteiger partial charge < -0.3 is 10.2 Å². The minimum absolute atomic E-state index is 0.00593. The van der Waals surface area contributed by atoms with Gasteiger partial charge in [0, 0.05) is 44.7 Å². The van der Waals surface area contributed by atoms with Crippen LogP contribution in [0, 0.1) is 5.92 Å². The van der Waals surface area contributed by atoms with E-state index in [1.165, 1.54) is 11.2 Å². The average molecular weight is 379 g/mol. The zero-order valence-corrected chi connectivity index (χ0v) is 16.0. The Bertz CT molecular complexity index is 814. The number of fused-ring (bicyclic) bond motifs is 1. The Morgan fingerprint density at radius 1 is 1.19 bits per heavy atom. The summed E-state index contributed by atoms with van der Waals surface area (Å²) in [4.78, 5) is 25.5. The fourth-order valence-corrected chi connectivity index (χ4v) is 5.21. The number of sulfonamides is 1. The van der Waals surface area contributed by atoms with E-state index < -0.39 is 10.0 Å². The third-order valence-corrected chi connectivity index (χ3v) is 7.03. The lowest BCUT2D eigenvalue weighted by Gasteiger charge is -2.30. The number of hydrogen-bond donors (Lipinski definition) is 1. The molecule has 1 aromatic rings. The molecule has 1 saturated heterocycles. The summed E-state index contributed by atoms with van der Waals surface area (Å²) >= 11 is 0. The van der Waals surface area contributed by atoms with E-state index in [0.29, 0.717) is 45.4 Å². The summed E-state index contributed by atoms with van der Waals surface area (Å²) in [5.41, 5.74) is 1.69. The quantitative estimate of drug-likeness (QED) is 0.850. The second-order valence-corrected chi connectivity index (χ2v) is 8.72. The van der Waals surface area contributed by atoms with Crippen LogP contribution in [-0.2, 0) is 26.0 Å². The summed E-state index contributed by atoms with van der Waals surface area (Å²) in [5.74, 6) is -0.149. The van der Waals surface area contributed by atoms with Crippen molar-refractivity contribution in [2.75, 3.05) is 31.1 Å². The first-order chi connectivity index (χ1) is 12.3. The number of nitrogens with zero attached hydrogens (tertiary/aromatic N) is 2. The minimum Gasteiger partial charge on any atom is -0.356 e. The topological polar surface area (TPSA) is 86.8 Å². The van der Waals surface area contributed by atoms with Gasteiger partial charge in [0.1, 0.15) is 0 Å². The fourth-order valence-electron chi connectivity index (χ4n) is 3.69. The zero-order valence-electron chi connectivity index (χ0n) is 15.2. The Kier molecular flexibility index (Phi) is 5.34. The van der Waals surface area contributed by atoms with E-state index in [1.54, 1.807) is 23.1 Å². The van der Waals surface area contributed by atoms with E-state index >= 15 is 0 Å². The Balaban J connectivity index is 1.74. The maximum atomic E-state index is 12.9. The summed E-state index contributed by atoms with van der Waals surface area (Å²) in [6.07, 6.45) is 1.74. The summed E-state index contributed by atoms with van der Waals surface area (Å²) in [6, 6.07) is 4.98. The van der Waals surface area contributed by atoms with Gasteiger partial charge >= 0.3 is 0 Å². The number of piperidine rings is 1. The first-order valence-corrected chi connectivity index (χ1v) is 10.5. The van der Waals surface area contributed by atoms with Gasteiger partial charge in [0.15, 0.2) is 0 Å². The molecule has 0 bridgehead atoms. The minimum atomic E-state index is -3.58. The number of benzene rings is 1. The number of nitrogens with one attached hydrogen (secondary N) is 1. The molecule has 1 N–H and O–H groups in total. The fraction of sp³-hybridized carbons (Fsp3) is 0.556. The van der Waals surface area contributed by atoms with Crippen molar-refractivity contribution in [3.8, 4) is 0 Å². The molecule has 2 aliphatic rings. The van der Waals surface area contributed by atoms with Crippen LogP contribution in [0.2, 0.25) is 0 Å². The van der Waals surface area contributed by atoms with Crippen molar-refractivity contribution in [3.05, 3.63) is 23.8 Å². The number of hydrogen-bond acceptors (Lipinski definition) is 4. The monoisotopic (exact) mass is 379 g/mol. The largest absolute Gasteiger partial charge is 0.356 e. The van der Waals surface area contributed by atoms with E-state index in [9.17, 15) is 18.0 Å². The summed E-state index contributed by atoms with van der Waals surface area (Å²) in [6.45, 7) is 5.26. The molecule has 2 heterocycles. The highest BCUT2D eigenvalue weighted by atomic mass is 32.2. The highest BCUT2D eigenvalue weighted by molar-refractivity contribution is 7.89. The molecule has 142 valence electrons. The number of anilines is 1. The summed E-state index contributed by atoms with van der Waals surface area (Å²) < 4.78 is 27.4. The van der Waals surface area contributed by atoms with E-state index in [4.69, 9.17) is 0 Å². The van der Waals surface area contributed by atoms with E-state index in [2.05, 4.69) is 5.32 Å². The van der Waals surface area contributed by atoms with Crippen LogP contribution in [0.5, 0.6) is 0 Å². The van der Waals surface area contributed by atoms with Gasteiger partial charge in [-0.2, -0.15) is 4.31 Å². The van der Waals surface area contributed by atoms with Crippen molar-refractivity contribution >= 4 is 27.5 Å². The van der Waals surface area contributed by atoms with Crippen molar-refractivity contribution in [1.29, 1.82) is 0 Å². The Morgan fingerprint density at radius 3 is 2.50 bits per heavy atom. The highest BCUT2D eigenvalue weighted by Crippen LogP contribution is 2.32. The zero-order chi connectivity index (χ0) is 18.9. The number of carbonyl (C=O) groups excluding carboxylic acids is 2. The van der Waals surface area contributed by atoms with Crippen LogP contribution in [-0.4, -0.2) is 50.7 Å². The van der Waals surface area contributed by atoms with Crippen molar-refractivity contribution in [3.63, 3.8) is 0 Å². The van der Waals surface area contributed by atoms with Gasteiger partial charge in [-0.05, 0) is 49.9 Å². The SMILES string of the molecule is CCNC(=O)C1CCN(S(=O)(=O)c2ccc3c(c2)CCN3C(C)=O)CC1. The number of rotatable bonds is 4. The summed E-state index contributed by atoms with van der Waals surface area (Å²) in [7, 11) is -3.58. The van der Waals surface area contributed by atoms with Crippen molar-refractivity contribution < 1.29 is 18.0 Å². The molecule has 0 aromatic heterocycles. The lowest BCUT2D eigenvalue weighted by molar-refractivity contribution is -0.126.